The second-order valence-electron chi connectivity index (χ2n) is 5.66. The molecular weight excluding hydrogens is 250 g/mol. The van der Waals surface area contributed by atoms with Gasteiger partial charge in [0.15, 0.2) is 0 Å². The summed E-state index contributed by atoms with van der Waals surface area (Å²) in [7, 11) is 1.81. The van der Waals surface area contributed by atoms with Crippen LogP contribution in [0.1, 0.15) is 31.2 Å². The van der Waals surface area contributed by atoms with Crippen LogP contribution >= 0.6 is 0 Å². The number of rotatable bonds is 7. The van der Waals surface area contributed by atoms with Gasteiger partial charge in [0, 0.05) is 32.7 Å². The number of ether oxygens (including phenoxy) is 2. The summed E-state index contributed by atoms with van der Waals surface area (Å²) in [6.45, 7) is 7.16. The Morgan fingerprint density at radius 3 is 2.55 bits per heavy atom. The molecule has 1 aliphatic rings. The first kappa shape index (κ1) is 15.5. The van der Waals surface area contributed by atoms with Gasteiger partial charge in [0.2, 0.25) is 0 Å². The number of hydrogen-bond donors (Lipinski definition) is 0. The van der Waals surface area contributed by atoms with E-state index in [1.807, 2.05) is 7.11 Å². The number of piperidine rings is 1. The molecule has 1 aromatic carbocycles. The molecule has 1 heterocycles. The van der Waals surface area contributed by atoms with Crippen LogP contribution in [0, 0.1) is 0 Å². The van der Waals surface area contributed by atoms with E-state index in [9.17, 15) is 0 Å². The number of nitrogens with zero attached hydrogens (tertiary/aromatic N) is 1. The van der Waals surface area contributed by atoms with Crippen molar-refractivity contribution in [2.45, 2.75) is 31.8 Å². The van der Waals surface area contributed by atoms with Crippen molar-refractivity contribution >= 4 is 0 Å². The van der Waals surface area contributed by atoms with Gasteiger partial charge in [-0.25, -0.2) is 0 Å². The molecule has 0 aromatic heterocycles. The molecule has 0 saturated carbocycles. The number of likely N-dealkylation sites (tertiary alicyclic amines) is 1. The van der Waals surface area contributed by atoms with Gasteiger partial charge in [-0.2, -0.15) is 0 Å². The fourth-order valence-electron chi connectivity index (χ4n) is 2.70. The molecule has 0 aliphatic carbocycles. The van der Waals surface area contributed by atoms with Gasteiger partial charge in [-0.3, -0.25) is 0 Å². The monoisotopic (exact) mass is 277 g/mol. The summed E-state index contributed by atoms with van der Waals surface area (Å²) in [6, 6.07) is 10.6. The Balaban J connectivity index is 1.58. The Kier molecular flexibility index (Phi) is 6.51. The highest BCUT2D eigenvalue weighted by molar-refractivity contribution is 5.18. The van der Waals surface area contributed by atoms with Crippen molar-refractivity contribution in [2.75, 3.05) is 40.0 Å². The lowest BCUT2D eigenvalue weighted by molar-refractivity contribution is 0.0276. The van der Waals surface area contributed by atoms with Crippen molar-refractivity contribution in [3.8, 4) is 0 Å². The fourth-order valence-corrected chi connectivity index (χ4v) is 2.70. The summed E-state index contributed by atoms with van der Waals surface area (Å²) in [6.07, 6.45) is 2.76. The Labute approximate surface area is 122 Å². The maximum atomic E-state index is 5.83. The molecule has 0 N–H and O–H groups in total. The van der Waals surface area contributed by atoms with Gasteiger partial charge in [0.1, 0.15) is 0 Å². The van der Waals surface area contributed by atoms with Crippen molar-refractivity contribution in [3.05, 3.63) is 35.9 Å². The van der Waals surface area contributed by atoms with Crippen molar-refractivity contribution in [1.29, 1.82) is 0 Å². The zero-order valence-corrected chi connectivity index (χ0v) is 12.8. The summed E-state index contributed by atoms with van der Waals surface area (Å²) in [4.78, 5) is 2.47. The minimum Gasteiger partial charge on any atom is -0.381 e. The van der Waals surface area contributed by atoms with Gasteiger partial charge < -0.3 is 14.4 Å². The summed E-state index contributed by atoms with van der Waals surface area (Å²) in [5.41, 5.74) is 1.36. The molecule has 0 amide bonds. The molecule has 1 fully saturated rings. The van der Waals surface area contributed by atoms with E-state index in [2.05, 4.69) is 42.2 Å². The van der Waals surface area contributed by atoms with E-state index < -0.39 is 0 Å². The van der Waals surface area contributed by atoms with Crippen molar-refractivity contribution in [2.24, 2.45) is 0 Å². The normalized spacial score (nSPS) is 19.1. The third kappa shape index (κ3) is 4.89. The first-order chi connectivity index (χ1) is 9.79. The molecule has 1 aliphatic heterocycles. The van der Waals surface area contributed by atoms with Crippen LogP contribution in [0.25, 0.3) is 0 Å². The molecular formula is C17H27NO2. The van der Waals surface area contributed by atoms with Crippen LogP contribution in [0.5, 0.6) is 0 Å². The van der Waals surface area contributed by atoms with Crippen LogP contribution in [0.15, 0.2) is 30.3 Å². The molecule has 1 aromatic rings. The van der Waals surface area contributed by atoms with Crippen LogP contribution in [0.2, 0.25) is 0 Å². The summed E-state index contributed by atoms with van der Waals surface area (Å²) >= 11 is 0. The maximum Gasteiger partial charge on any atom is 0.0595 e. The Morgan fingerprint density at radius 2 is 1.90 bits per heavy atom. The molecule has 1 atom stereocenters. The van der Waals surface area contributed by atoms with E-state index in [1.54, 1.807) is 0 Å². The van der Waals surface area contributed by atoms with Crippen molar-refractivity contribution < 1.29 is 9.47 Å². The molecule has 0 radical (unpaired) electrons. The van der Waals surface area contributed by atoms with E-state index in [0.717, 1.165) is 45.7 Å². The zero-order chi connectivity index (χ0) is 14.2. The quantitative estimate of drug-likeness (QED) is 0.715. The smallest absolute Gasteiger partial charge is 0.0595 e. The second-order valence-corrected chi connectivity index (χ2v) is 5.66. The highest BCUT2D eigenvalue weighted by atomic mass is 16.5. The second kappa shape index (κ2) is 8.40. The highest BCUT2D eigenvalue weighted by Gasteiger charge is 2.18. The number of hydrogen-bond acceptors (Lipinski definition) is 3. The third-order valence-corrected chi connectivity index (χ3v) is 4.16. The van der Waals surface area contributed by atoms with Crippen molar-refractivity contribution in [1.82, 2.24) is 4.90 Å². The van der Waals surface area contributed by atoms with E-state index in [-0.39, 0.29) is 0 Å². The molecule has 112 valence electrons. The van der Waals surface area contributed by atoms with Gasteiger partial charge in [0.05, 0.1) is 19.3 Å². The number of benzene rings is 1. The predicted octanol–water partition coefficient (Wildman–Crippen LogP) is 2.92. The van der Waals surface area contributed by atoms with E-state index in [4.69, 9.17) is 9.47 Å². The van der Waals surface area contributed by atoms with Gasteiger partial charge in [-0.15, -0.1) is 0 Å². The first-order valence-electron chi connectivity index (χ1n) is 7.67. The minimum atomic E-state index is 0.463. The lowest BCUT2D eigenvalue weighted by atomic mass is 10.0. The lowest BCUT2D eigenvalue weighted by Crippen LogP contribution is -2.38. The van der Waals surface area contributed by atoms with Crippen LogP contribution in [-0.2, 0) is 9.47 Å². The molecule has 0 bridgehead atoms. The van der Waals surface area contributed by atoms with Gasteiger partial charge in [0.25, 0.3) is 0 Å². The summed E-state index contributed by atoms with van der Waals surface area (Å²) in [5.74, 6) is 0.468. The molecule has 3 heteroatoms. The van der Waals surface area contributed by atoms with E-state index in [1.165, 1.54) is 5.56 Å². The minimum absolute atomic E-state index is 0.463. The van der Waals surface area contributed by atoms with Gasteiger partial charge >= 0.3 is 0 Å². The molecule has 20 heavy (non-hydrogen) atoms. The zero-order valence-electron chi connectivity index (χ0n) is 12.8. The van der Waals surface area contributed by atoms with Crippen LogP contribution < -0.4 is 0 Å². The topological polar surface area (TPSA) is 21.7 Å². The van der Waals surface area contributed by atoms with Crippen LogP contribution in [0.4, 0.5) is 0 Å². The Morgan fingerprint density at radius 1 is 1.20 bits per heavy atom. The molecule has 1 unspecified atom stereocenters. The summed E-state index contributed by atoms with van der Waals surface area (Å²) in [5, 5.41) is 0. The first-order valence-corrected chi connectivity index (χ1v) is 7.67. The molecule has 2 rings (SSSR count). The largest absolute Gasteiger partial charge is 0.381 e. The maximum absolute atomic E-state index is 5.83. The van der Waals surface area contributed by atoms with Crippen LogP contribution in [-0.4, -0.2) is 51.0 Å². The lowest BCUT2D eigenvalue weighted by Gasteiger charge is -2.31. The molecule has 1 saturated heterocycles. The highest BCUT2D eigenvalue weighted by Crippen LogP contribution is 2.15. The fraction of sp³-hybridized carbons (Fsp3) is 0.647. The Bertz CT molecular complexity index is 361. The SMILES string of the molecule is COC1CCN(CCOCC(C)c2ccccc2)CC1. The standard InChI is InChI=1S/C17H27NO2/c1-15(16-6-4-3-5-7-16)14-20-13-12-18-10-8-17(19-2)9-11-18/h3-7,15,17H,8-14H2,1-2H3. The average Bonchev–Trinajstić information content (AvgIpc) is 2.53. The predicted molar refractivity (Wildman–Crippen MR) is 82.1 cm³/mol. The summed E-state index contributed by atoms with van der Waals surface area (Å²) < 4.78 is 11.2. The van der Waals surface area contributed by atoms with E-state index in [0.29, 0.717) is 12.0 Å². The molecule has 0 spiro atoms. The number of methoxy groups -OCH3 is 1. The van der Waals surface area contributed by atoms with E-state index >= 15 is 0 Å². The third-order valence-electron chi connectivity index (χ3n) is 4.16. The van der Waals surface area contributed by atoms with Crippen LogP contribution in [0.3, 0.4) is 0 Å². The van der Waals surface area contributed by atoms with Gasteiger partial charge in [-0.05, 0) is 18.4 Å². The average molecular weight is 277 g/mol. The van der Waals surface area contributed by atoms with Crippen molar-refractivity contribution in [3.63, 3.8) is 0 Å². The molecule has 3 nitrogen and oxygen atoms in total. The Hall–Kier alpha value is -0.900. The van der Waals surface area contributed by atoms with Gasteiger partial charge in [-0.1, -0.05) is 37.3 Å².